The number of hydrogen-bond acceptors (Lipinski definition) is 4. The van der Waals surface area contributed by atoms with Gasteiger partial charge >= 0.3 is 0 Å². The summed E-state index contributed by atoms with van der Waals surface area (Å²) in [6.45, 7) is 0.747. The van der Waals surface area contributed by atoms with Crippen molar-refractivity contribution in [1.29, 1.82) is 0 Å². The largest absolute Gasteiger partial charge is 0.340 e. The number of benzene rings is 1. The lowest BCUT2D eigenvalue weighted by atomic mass is 10.0. The molecule has 6 heteroatoms. The zero-order valence-corrected chi connectivity index (χ0v) is 12.9. The molecule has 0 radical (unpaired) electrons. The van der Waals surface area contributed by atoms with Gasteiger partial charge in [-0.2, -0.15) is 0 Å². The minimum atomic E-state index is -3.00. The van der Waals surface area contributed by atoms with Crippen LogP contribution in [0.4, 0.5) is 0 Å². The molecule has 1 aliphatic rings. The third-order valence-electron chi connectivity index (χ3n) is 3.77. The number of aryl methyl sites for hydroxylation is 1. The van der Waals surface area contributed by atoms with E-state index in [1.54, 1.807) is 4.90 Å². The van der Waals surface area contributed by atoms with Gasteiger partial charge in [0.25, 0.3) is 0 Å². The summed E-state index contributed by atoms with van der Waals surface area (Å²) in [5, 5.41) is 0. The fourth-order valence-electron chi connectivity index (χ4n) is 2.48. The van der Waals surface area contributed by atoms with Crippen molar-refractivity contribution in [2.45, 2.75) is 25.3 Å². The van der Waals surface area contributed by atoms with Crippen molar-refractivity contribution in [2.24, 2.45) is 5.73 Å². The van der Waals surface area contributed by atoms with Crippen molar-refractivity contribution in [3.05, 3.63) is 35.9 Å². The van der Waals surface area contributed by atoms with Gasteiger partial charge in [0.05, 0.1) is 17.5 Å². The SMILES string of the molecule is N[C@@H](CCc1ccccc1)C(=O)N1CCCS(=O)(=O)CC1. The van der Waals surface area contributed by atoms with Gasteiger partial charge in [0.2, 0.25) is 5.91 Å². The van der Waals surface area contributed by atoms with Crippen molar-refractivity contribution < 1.29 is 13.2 Å². The number of carbonyl (C=O) groups is 1. The molecule has 116 valence electrons. The molecule has 1 saturated heterocycles. The Balaban J connectivity index is 1.87. The first-order valence-electron chi connectivity index (χ1n) is 7.27. The molecule has 1 atom stereocenters. The second kappa shape index (κ2) is 7.04. The average Bonchev–Trinajstić information content (AvgIpc) is 2.66. The number of amides is 1. The van der Waals surface area contributed by atoms with Gasteiger partial charge in [-0.05, 0) is 24.8 Å². The Hall–Kier alpha value is -1.40. The van der Waals surface area contributed by atoms with Gasteiger partial charge in [0, 0.05) is 13.1 Å². The molecule has 21 heavy (non-hydrogen) atoms. The molecular formula is C15H22N2O3S. The molecule has 0 spiro atoms. The van der Waals surface area contributed by atoms with E-state index in [-0.39, 0.29) is 24.0 Å². The summed E-state index contributed by atoms with van der Waals surface area (Å²) < 4.78 is 23.1. The number of carbonyl (C=O) groups excluding carboxylic acids is 1. The Kier molecular flexibility index (Phi) is 5.36. The third kappa shape index (κ3) is 4.82. The van der Waals surface area contributed by atoms with E-state index < -0.39 is 15.9 Å². The molecule has 1 aliphatic heterocycles. The van der Waals surface area contributed by atoms with Crippen LogP contribution < -0.4 is 5.73 Å². The number of nitrogens with two attached hydrogens (primary N) is 1. The fraction of sp³-hybridized carbons (Fsp3) is 0.533. The van der Waals surface area contributed by atoms with Gasteiger partial charge in [-0.25, -0.2) is 8.42 Å². The molecule has 1 heterocycles. The highest BCUT2D eigenvalue weighted by atomic mass is 32.2. The molecule has 0 saturated carbocycles. The monoisotopic (exact) mass is 310 g/mol. The molecular weight excluding hydrogens is 288 g/mol. The Labute approximate surface area is 126 Å². The summed E-state index contributed by atoms with van der Waals surface area (Å²) in [6.07, 6.45) is 1.82. The predicted molar refractivity (Wildman–Crippen MR) is 82.6 cm³/mol. The summed E-state index contributed by atoms with van der Waals surface area (Å²) in [4.78, 5) is 13.9. The maximum absolute atomic E-state index is 12.3. The second-order valence-corrected chi connectivity index (χ2v) is 7.77. The minimum absolute atomic E-state index is 0.0458. The van der Waals surface area contributed by atoms with Crippen LogP contribution in [0.15, 0.2) is 30.3 Å². The van der Waals surface area contributed by atoms with Crippen LogP contribution in [0.2, 0.25) is 0 Å². The highest BCUT2D eigenvalue weighted by Gasteiger charge is 2.25. The Morgan fingerprint density at radius 3 is 2.62 bits per heavy atom. The highest BCUT2D eigenvalue weighted by molar-refractivity contribution is 7.91. The molecule has 2 rings (SSSR count). The molecule has 1 fully saturated rings. The predicted octanol–water partition coefficient (Wildman–Crippen LogP) is 0.594. The van der Waals surface area contributed by atoms with E-state index >= 15 is 0 Å². The number of sulfone groups is 1. The zero-order chi connectivity index (χ0) is 15.3. The molecule has 5 nitrogen and oxygen atoms in total. The van der Waals surface area contributed by atoms with Crippen molar-refractivity contribution in [3.8, 4) is 0 Å². The van der Waals surface area contributed by atoms with Gasteiger partial charge in [0.1, 0.15) is 0 Å². The molecule has 0 aliphatic carbocycles. The van der Waals surface area contributed by atoms with Crippen molar-refractivity contribution in [2.75, 3.05) is 24.6 Å². The molecule has 2 N–H and O–H groups in total. The van der Waals surface area contributed by atoms with E-state index in [1.165, 1.54) is 0 Å². The summed E-state index contributed by atoms with van der Waals surface area (Å²) in [6, 6.07) is 9.33. The number of rotatable bonds is 4. The smallest absolute Gasteiger partial charge is 0.239 e. The van der Waals surface area contributed by atoms with E-state index in [9.17, 15) is 13.2 Å². The summed E-state index contributed by atoms with van der Waals surface area (Å²) >= 11 is 0. The maximum Gasteiger partial charge on any atom is 0.239 e. The van der Waals surface area contributed by atoms with E-state index in [1.807, 2.05) is 30.3 Å². The topological polar surface area (TPSA) is 80.5 Å². The minimum Gasteiger partial charge on any atom is -0.340 e. The van der Waals surface area contributed by atoms with Crippen LogP contribution in [-0.2, 0) is 21.1 Å². The van der Waals surface area contributed by atoms with Crippen LogP contribution in [0.5, 0.6) is 0 Å². The lowest BCUT2D eigenvalue weighted by Crippen LogP contribution is -2.45. The first kappa shape index (κ1) is 16.0. The van der Waals surface area contributed by atoms with Gasteiger partial charge in [-0.1, -0.05) is 30.3 Å². The van der Waals surface area contributed by atoms with Gasteiger partial charge in [0.15, 0.2) is 9.84 Å². The molecule has 1 aromatic rings. The summed E-state index contributed by atoms with van der Waals surface area (Å²) in [5.74, 6) is 0.0724. The van der Waals surface area contributed by atoms with Gasteiger partial charge in [-0.15, -0.1) is 0 Å². The molecule has 0 unspecified atom stereocenters. The normalized spacial score (nSPS) is 19.8. The lowest BCUT2D eigenvalue weighted by Gasteiger charge is -2.23. The van der Waals surface area contributed by atoms with E-state index in [2.05, 4.69) is 0 Å². The van der Waals surface area contributed by atoms with Gasteiger partial charge in [-0.3, -0.25) is 4.79 Å². The van der Waals surface area contributed by atoms with E-state index in [4.69, 9.17) is 5.73 Å². The molecule has 1 amide bonds. The molecule has 0 aromatic heterocycles. The van der Waals surface area contributed by atoms with Crippen molar-refractivity contribution in [1.82, 2.24) is 4.90 Å². The Morgan fingerprint density at radius 1 is 1.19 bits per heavy atom. The van der Waals surface area contributed by atoms with Crippen LogP contribution in [0.3, 0.4) is 0 Å². The Bertz CT molecular complexity index is 572. The third-order valence-corrected chi connectivity index (χ3v) is 5.49. The first-order chi connectivity index (χ1) is 9.98. The zero-order valence-electron chi connectivity index (χ0n) is 12.1. The van der Waals surface area contributed by atoms with Crippen molar-refractivity contribution in [3.63, 3.8) is 0 Å². The summed E-state index contributed by atoms with van der Waals surface area (Å²) in [5.41, 5.74) is 7.13. The second-order valence-electron chi connectivity index (χ2n) is 5.46. The summed E-state index contributed by atoms with van der Waals surface area (Å²) in [7, 11) is -3.00. The lowest BCUT2D eigenvalue weighted by molar-refractivity contribution is -0.132. The maximum atomic E-state index is 12.3. The Morgan fingerprint density at radius 2 is 1.90 bits per heavy atom. The van der Waals surface area contributed by atoms with Crippen LogP contribution >= 0.6 is 0 Å². The number of hydrogen-bond donors (Lipinski definition) is 1. The fourth-order valence-corrected chi connectivity index (χ4v) is 3.76. The van der Waals surface area contributed by atoms with E-state index in [0.717, 1.165) is 12.0 Å². The van der Waals surface area contributed by atoms with E-state index in [0.29, 0.717) is 19.4 Å². The van der Waals surface area contributed by atoms with Crippen LogP contribution in [0.25, 0.3) is 0 Å². The molecule has 0 bridgehead atoms. The molecule has 1 aromatic carbocycles. The first-order valence-corrected chi connectivity index (χ1v) is 9.09. The average molecular weight is 310 g/mol. The van der Waals surface area contributed by atoms with Crippen molar-refractivity contribution >= 4 is 15.7 Å². The standard InChI is InChI=1S/C15H22N2O3S/c16-14(8-7-13-5-2-1-3-6-13)15(18)17-9-4-11-21(19,20)12-10-17/h1-3,5-6,14H,4,7-12,16H2/t14-/m0/s1. The number of nitrogens with zero attached hydrogens (tertiary/aromatic N) is 1. The van der Waals surface area contributed by atoms with Crippen LogP contribution in [0.1, 0.15) is 18.4 Å². The van der Waals surface area contributed by atoms with Gasteiger partial charge < -0.3 is 10.6 Å². The quantitative estimate of drug-likeness (QED) is 0.883. The highest BCUT2D eigenvalue weighted by Crippen LogP contribution is 2.09. The van der Waals surface area contributed by atoms with Crippen LogP contribution in [-0.4, -0.2) is 49.9 Å². The van der Waals surface area contributed by atoms with Crippen LogP contribution in [0, 0.1) is 0 Å².